The third-order valence-electron chi connectivity index (χ3n) is 3.32. The fraction of sp³-hybridized carbons (Fsp3) is 0.111. The quantitative estimate of drug-likeness (QED) is 0.723. The van der Waals surface area contributed by atoms with Crippen LogP contribution in [0.1, 0.15) is 16.8 Å². The van der Waals surface area contributed by atoms with E-state index in [1.807, 2.05) is 6.92 Å². The van der Waals surface area contributed by atoms with Crippen LogP contribution in [-0.4, -0.2) is 4.98 Å². The molecule has 3 rings (SSSR count). The van der Waals surface area contributed by atoms with Gasteiger partial charge in [0.1, 0.15) is 30.1 Å². The Bertz CT molecular complexity index is 863. The first-order valence-electron chi connectivity index (χ1n) is 6.99. The molecule has 0 aliphatic rings. The Hall–Kier alpha value is -3.13. The minimum Gasteiger partial charge on any atom is -0.487 e. The number of aryl methyl sites for hydroxylation is 1. The van der Waals surface area contributed by atoms with Crippen LogP contribution in [0, 0.1) is 24.1 Å². The molecule has 0 saturated heterocycles. The van der Waals surface area contributed by atoms with Gasteiger partial charge in [0.05, 0.1) is 11.6 Å². The van der Waals surface area contributed by atoms with E-state index in [2.05, 4.69) is 11.1 Å². The van der Waals surface area contributed by atoms with Crippen molar-refractivity contribution in [1.29, 1.82) is 5.26 Å². The molecule has 0 bridgehead atoms. The molecule has 114 valence electrons. The number of rotatable bonds is 4. The maximum atomic E-state index is 12.9. The zero-order chi connectivity index (χ0) is 16.2. The van der Waals surface area contributed by atoms with E-state index in [-0.39, 0.29) is 12.4 Å². The van der Waals surface area contributed by atoms with Gasteiger partial charge in [0.25, 0.3) is 0 Å². The highest BCUT2D eigenvalue weighted by molar-refractivity contribution is 5.52. The van der Waals surface area contributed by atoms with Crippen molar-refractivity contribution >= 4 is 0 Å². The molecular formula is C18H13FN2O2. The first-order chi connectivity index (χ1) is 11.2. The van der Waals surface area contributed by atoms with Crippen molar-refractivity contribution in [3.63, 3.8) is 0 Å². The van der Waals surface area contributed by atoms with E-state index in [0.29, 0.717) is 28.5 Å². The first-order valence-corrected chi connectivity index (χ1v) is 6.99. The predicted molar refractivity (Wildman–Crippen MR) is 82.1 cm³/mol. The number of hydrogen-bond acceptors (Lipinski definition) is 4. The van der Waals surface area contributed by atoms with Crippen LogP contribution < -0.4 is 4.74 Å². The van der Waals surface area contributed by atoms with Crippen LogP contribution in [0.25, 0.3) is 11.5 Å². The number of hydrogen-bond donors (Lipinski definition) is 0. The molecule has 2 aromatic carbocycles. The summed E-state index contributed by atoms with van der Waals surface area (Å²) >= 11 is 0. The Balaban J connectivity index is 1.70. The average Bonchev–Trinajstić information content (AvgIpc) is 3.03. The summed E-state index contributed by atoms with van der Waals surface area (Å²) in [6.45, 7) is 2.13. The number of oxazole rings is 1. The summed E-state index contributed by atoms with van der Waals surface area (Å²) in [6.07, 6.45) is 1.51. The van der Waals surface area contributed by atoms with Gasteiger partial charge in [-0.15, -0.1) is 0 Å². The lowest BCUT2D eigenvalue weighted by Gasteiger charge is -2.07. The number of aromatic nitrogens is 1. The molecule has 0 atom stereocenters. The minimum atomic E-state index is -0.305. The van der Waals surface area contributed by atoms with E-state index in [1.165, 1.54) is 18.4 Å². The van der Waals surface area contributed by atoms with Gasteiger partial charge in [-0.1, -0.05) is 0 Å². The predicted octanol–water partition coefficient (Wildman–Crippen LogP) is 4.24. The fourth-order valence-electron chi connectivity index (χ4n) is 2.13. The topological polar surface area (TPSA) is 59.0 Å². The second-order valence-corrected chi connectivity index (χ2v) is 5.03. The highest BCUT2D eigenvalue weighted by Gasteiger charge is 2.08. The van der Waals surface area contributed by atoms with Gasteiger partial charge < -0.3 is 9.15 Å². The number of nitriles is 1. The molecule has 23 heavy (non-hydrogen) atoms. The van der Waals surface area contributed by atoms with Gasteiger partial charge in [0.2, 0.25) is 5.89 Å². The molecule has 0 aliphatic carbocycles. The van der Waals surface area contributed by atoms with E-state index < -0.39 is 0 Å². The number of halogens is 1. The van der Waals surface area contributed by atoms with Crippen LogP contribution in [0.3, 0.4) is 0 Å². The summed E-state index contributed by atoms with van der Waals surface area (Å²) in [5.41, 5.74) is 2.81. The summed E-state index contributed by atoms with van der Waals surface area (Å²) in [5, 5.41) is 8.85. The lowest BCUT2D eigenvalue weighted by molar-refractivity contribution is 0.299. The molecule has 0 unspecified atom stereocenters. The van der Waals surface area contributed by atoms with Crippen molar-refractivity contribution in [3.8, 4) is 23.3 Å². The van der Waals surface area contributed by atoms with Crippen molar-refractivity contribution in [3.05, 3.63) is 71.4 Å². The number of benzene rings is 2. The lowest BCUT2D eigenvalue weighted by Crippen LogP contribution is -1.97. The Morgan fingerprint density at radius 3 is 2.70 bits per heavy atom. The zero-order valence-corrected chi connectivity index (χ0v) is 12.4. The van der Waals surface area contributed by atoms with Crippen molar-refractivity contribution in [2.24, 2.45) is 0 Å². The molecule has 1 heterocycles. The van der Waals surface area contributed by atoms with Crippen LogP contribution in [0.15, 0.2) is 53.1 Å². The van der Waals surface area contributed by atoms with Gasteiger partial charge in [-0.3, -0.25) is 0 Å². The van der Waals surface area contributed by atoms with E-state index in [0.717, 1.165) is 5.56 Å². The molecule has 3 aromatic rings. The molecule has 0 radical (unpaired) electrons. The smallest absolute Gasteiger partial charge is 0.226 e. The van der Waals surface area contributed by atoms with Crippen molar-refractivity contribution < 1.29 is 13.5 Å². The minimum absolute atomic E-state index is 0.247. The molecule has 0 amide bonds. The van der Waals surface area contributed by atoms with E-state index in [4.69, 9.17) is 14.4 Å². The van der Waals surface area contributed by atoms with Crippen LogP contribution in [0.5, 0.6) is 5.75 Å². The summed E-state index contributed by atoms with van der Waals surface area (Å²) in [4.78, 5) is 4.32. The molecule has 0 fully saturated rings. The summed E-state index contributed by atoms with van der Waals surface area (Å²) in [5.74, 6) is 0.802. The summed E-state index contributed by atoms with van der Waals surface area (Å²) in [7, 11) is 0. The largest absolute Gasteiger partial charge is 0.487 e. The fourth-order valence-corrected chi connectivity index (χ4v) is 2.13. The van der Waals surface area contributed by atoms with E-state index in [9.17, 15) is 4.39 Å². The molecule has 0 saturated carbocycles. The Morgan fingerprint density at radius 1 is 1.22 bits per heavy atom. The monoisotopic (exact) mass is 308 g/mol. The lowest BCUT2D eigenvalue weighted by atomic mass is 10.1. The third kappa shape index (κ3) is 3.38. The van der Waals surface area contributed by atoms with Gasteiger partial charge >= 0.3 is 0 Å². The zero-order valence-electron chi connectivity index (χ0n) is 12.4. The molecule has 1 aromatic heterocycles. The highest BCUT2D eigenvalue weighted by Crippen LogP contribution is 2.22. The maximum Gasteiger partial charge on any atom is 0.226 e. The van der Waals surface area contributed by atoms with Crippen molar-refractivity contribution in [2.45, 2.75) is 13.5 Å². The van der Waals surface area contributed by atoms with Crippen LogP contribution in [0.2, 0.25) is 0 Å². The average molecular weight is 308 g/mol. The third-order valence-corrected chi connectivity index (χ3v) is 3.32. The molecule has 0 aliphatic heterocycles. The van der Waals surface area contributed by atoms with E-state index >= 15 is 0 Å². The molecular weight excluding hydrogens is 295 g/mol. The maximum absolute atomic E-state index is 12.9. The number of ether oxygens (including phenoxy) is 1. The molecule has 0 N–H and O–H groups in total. The van der Waals surface area contributed by atoms with Crippen molar-refractivity contribution in [2.75, 3.05) is 0 Å². The Morgan fingerprint density at radius 2 is 2.00 bits per heavy atom. The molecule has 5 heteroatoms. The highest BCUT2D eigenvalue weighted by atomic mass is 19.1. The van der Waals surface area contributed by atoms with Gasteiger partial charge in [-0.2, -0.15) is 5.26 Å². The normalized spacial score (nSPS) is 10.3. The number of nitrogens with zero attached hydrogens (tertiary/aromatic N) is 2. The SMILES string of the molecule is Cc1cc(C#N)ccc1OCc1coc(-c2ccc(F)cc2)n1. The van der Waals surface area contributed by atoms with Gasteiger partial charge in [0.15, 0.2) is 0 Å². The Kier molecular flexibility index (Phi) is 4.07. The van der Waals surface area contributed by atoms with Gasteiger partial charge in [-0.05, 0) is 55.0 Å². The van der Waals surface area contributed by atoms with Gasteiger partial charge in [0, 0.05) is 5.56 Å². The first kappa shape index (κ1) is 14.8. The molecule has 4 nitrogen and oxygen atoms in total. The second kappa shape index (κ2) is 6.32. The van der Waals surface area contributed by atoms with Crippen LogP contribution in [-0.2, 0) is 6.61 Å². The van der Waals surface area contributed by atoms with Gasteiger partial charge in [-0.25, -0.2) is 9.37 Å². The molecule has 0 spiro atoms. The van der Waals surface area contributed by atoms with Crippen molar-refractivity contribution in [1.82, 2.24) is 4.98 Å². The van der Waals surface area contributed by atoms with Crippen LogP contribution in [0.4, 0.5) is 4.39 Å². The van der Waals surface area contributed by atoms with E-state index in [1.54, 1.807) is 30.3 Å². The second-order valence-electron chi connectivity index (χ2n) is 5.03. The summed E-state index contributed by atoms with van der Waals surface area (Å²) in [6, 6.07) is 13.2. The standard InChI is InChI=1S/C18H13FN2O2/c1-12-8-13(9-20)2-7-17(12)22-10-16-11-23-18(21-16)14-3-5-15(19)6-4-14/h2-8,11H,10H2,1H3. The Labute approximate surface area is 132 Å². The summed E-state index contributed by atoms with van der Waals surface area (Å²) < 4.78 is 24.0. The van der Waals surface area contributed by atoms with Crippen LogP contribution >= 0.6 is 0 Å².